The molecule has 22 heavy (non-hydrogen) atoms. The van der Waals surface area contributed by atoms with Gasteiger partial charge in [0.1, 0.15) is 5.60 Å². The number of nitrogens with zero attached hydrogens (tertiary/aromatic N) is 1. The van der Waals surface area contributed by atoms with Gasteiger partial charge in [-0.25, -0.2) is 9.78 Å². The monoisotopic (exact) mass is 304 g/mol. The number of fused-ring (bicyclic) bond motifs is 1. The number of para-hydroxylation sites is 2. The highest BCUT2D eigenvalue weighted by molar-refractivity contribution is 5.91. The van der Waals surface area contributed by atoms with E-state index in [9.17, 15) is 9.59 Å². The Bertz CT molecular complexity index is 640. The smallest absolute Gasteiger partial charge is 0.407 e. The molecule has 0 saturated heterocycles. The Labute approximate surface area is 128 Å². The Hall–Kier alpha value is -2.57. The molecule has 118 valence electrons. The average Bonchev–Trinajstić information content (AvgIpc) is 2.78. The van der Waals surface area contributed by atoms with Gasteiger partial charge in [-0.3, -0.25) is 10.1 Å². The van der Waals surface area contributed by atoms with Crippen LogP contribution in [-0.4, -0.2) is 34.1 Å². The maximum absolute atomic E-state index is 11.8. The lowest BCUT2D eigenvalue weighted by atomic mass is 10.2. The lowest BCUT2D eigenvalue weighted by Crippen LogP contribution is -2.34. The van der Waals surface area contributed by atoms with Crippen LogP contribution in [0.2, 0.25) is 0 Å². The maximum Gasteiger partial charge on any atom is 0.407 e. The molecule has 1 aromatic carbocycles. The van der Waals surface area contributed by atoms with E-state index in [2.05, 4.69) is 20.6 Å². The van der Waals surface area contributed by atoms with E-state index in [1.54, 1.807) is 20.8 Å². The number of nitrogens with one attached hydrogen (secondary N) is 3. The minimum absolute atomic E-state index is 0.135. The van der Waals surface area contributed by atoms with Gasteiger partial charge < -0.3 is 15.0 Å². The third-order valence-electron chi connectivity index (χ3n) is 2.67. The number of aromatic amines is 1. The van der Waals surface area contributed by atoms with E-state index in [0.29, 0.717) is 5.95 Å². The molecule has 0 fully saturated rings. The van der Waals surface area contributed by atoms with Crippen LogP contribution in [0, 0.1) is 0 Å². The highest BCUT2D eigenvalue weighted by Crippen LogP contribution is 2.13. The first-order valence-corrected chi connectivity index (χ1v) is 7.05. The van der Waals surface area contributed by atoms with Gasteiger partial charge >= 0.3 is 6.09 Å². The van der Waals surface area contributed by atoms with Crippen LogP contribution in [0.4, 0.5) is 10.7 Å². The Morgan fingerprint density at radius 3 is 2.68 bits per heavy atom. The van der Waals surface area contributed by atoms with Gasteiger partial charge in [-0.1, -0.05) is 12.1 Å². The third-order valence-corrected chi connectivity index (χ3v) is 2.67. The minimum Gasteiger partial charge on any atom is -0.444 e. The van der Waals surface area contributed by atoms with Crippen LogP contribution < -0.4 is 10.6 Å². The molecule has 2 amide bonds. The second kappa shape index (κ2) is 6.46. The fraction of sp³-hybridized carbons (Fsp3) is 0.400. The average molecular weight is 304 g/mol. The predicted octanol–water partition coefficient (Wildman–Crippen LogP) is 2.42. The summed E-state index contributed by atoms with van der Waals surface area (Å²) in [6.45, 7) is 5.53. The van der Waals surface area contributed by atoms with Crippen molar-refractivity contribution in [3.8, 4) is 0 Å². The van der Waals surface area contributed by atoms with Gasteiger partial charge in [-0.2, -0.15) is 0 Å². The van der Waals surface area contributed by atoms with Crippen molar-refractivity contribution in [2.75, 3.05) is 11.9 Å². The Morgan fingerprint density at radius 2 is 2.00 bits per heavy atom. The molecular weight excluding hydrogens is 284 g/mol. The Kier molecular flexibility index (Phi) is 4.65. The van der Waals surface area contributed by atoms with E-state index in [-0.39, 0.29) is 18.9 Å². The Balaban J connectivity index is 1.77. The summed E-state index contributed by atoms with van der Waals surface area (Å²) < 4.78 is 5.08. The zero-order valence-corrected chi connectivity index (χ0v) is 12.9. The van der Waals surface area contributed by atoms with E-state index >= 15 is 0 Å². The van der Waals surface area contributed by atoms with Gasteiger partial charge in [-0.05, 0) is 32.9 Å². The number of carbonyl (C=O) groups is 2. The molecule has 0 aliphatic carbocycles. The zero-order valence-electron chi connectivity index (χ0n) is 12.9. The number of H-pyrrole nitrogens is 1. The van der Waals surface area contributed by atoms with Gasteiger partial charge in [0.15, 0.2) is 0 Å². The molecule has 0 atom stereocenters. The van der Waals surface area contributed by atoms with Crippen molar-refractivity contribution < 1.29 is 14.3 Å². The summed E-state index contributed by atoms with van der Waals surface area (Å²) in [6, 6.07) is 7.49. The van der Waals surface area contributed by atoms with Crippen molar-refractivity contribution in [2.45, 2.75) is 32.8 Å². The number of anilines is 1. The molecule has 0 unspecified atom stereocenters. The maximum atomic E-state index is 11.8. The van der Waals surface area contributed by atoms with E-state index in [0.717, 1.165) is 11.0 Å². The summed E-state index contributed by atoms with van der Waals surface area (Å²) >= 11 is 0. The second-order valence-electron chi connectivity index (χ2n) is 5.83. The largest absolute Gasteiger partial charge is 0.444 e. The number of hydrogen-bond acceptors (Lipinski definition) is 4. The molecule has 0 saturated carbocycles. The zero-order chi connectivity index (χ0) is 16.2. The molecule has 7 nitrogen and oxygen atoms in total. The number of hydrogen-bond donors (Lipinski definition) is 3. The highest BCUT2D eigenvalue weighted by atomic mass is 16.6. The fourth-order valence-corrected chi connectivity index (χ4v) is 1.80. The quantitative estimate of drug-likeness (QED) is 0.808. The lowest BCUT2D eigenvalue weighted by Gasteiger charge is -2.19. The van der Waals surface area contributed by atoms with Gasteiger partial charge in [0.25, 0.3) is 0 Å². The summed E-state index contributed by atoms with van der Waals surface area (Å²) in [5, 5.41) is 5.19. The summed E-state index contributed by atoms with van der Waals surface area (Å²) in [6.07, 6.45) is -0.403. The molecule has 1 aromatic heterocycles. The van der Waals surface area contributed by atoms with Crippen molar-refractivity contribution in [1.82, 2.24) is 15.3 Å². The SMILES string of the molecule is CC(C)(C)OC(=O)NCCC(=O)Nc1nc2ccccc2[nH]1. The lowest BCUT2D eigenvalue weighted by molar-refractivity contribution is -0.116. The van der Waals surface area contributed by atoms with Crippen LogP contribution in [0.1, 0.15) is 27.2 Å². The highest BCUT2D eigenvalue weighted by Gasteiger charge is 2.16. The number of aromatic nitrogens is 2. The summed E-state index contributed by atoms with van der Waals surface area (Å²) in [5.41, 5.74) is 1.08. The molecular formula is C15H20N4O3. The van der Waals surface area contributed by atoms with Crippen molar-refractivity contribution >= 4 is 29.0 Å². The van der Waals surface area contributed by atoms with Gasteiger partial charge in [0, 0.05) is 13.0 Å². The fourth-order valence-electron chi connectivity index (χ4n) is 1.80. The van der Waals surface area contributed by atoms with Crippen LogP contribution >= 0.6 is 0 Å². The van der Waals surface area contributed by atoms with Gasteiger partial charge in [-0.15, -0.1) is 0 Å². The van der Waals surface area contributed by atoms with E-state index < -0.39 is 11.7 Å². The first-order chi connectivity index (χ1) is 10.3. The van der Waals surface area contributed by atoms with Crippen molar-refractivity contribution in [2.24, 2.45) is 0 Å². The molecule has 0 radical (unpaired) electrons. The summed E-state index contributed by atoms with van der Waals surface area (Å²) in [5.74, 6) is 0.151. The van der Waals surface area contributed by atoms with E-state index in [1.807, 2.05) is 24.3 Å². The number of imidazole rings is 1. The molecule has 0 spiro atoms. The summed E-state index contributed by atoms with van der Waals surface area (Å²) in [7, 11) is 0. The minimum atomic E-state index is -0.555. The molecule has 2 rings (SSSR count). The van der Waals surface area contributed by atoms with Crippen LogP contribution in [0.25, 0.3) is 11.0 Å². The topological polar surface area (TPSA) is 96.1 Å². The Morgan fingerprint density at radius 1 is 1.27 bits per heavy atom. The number of carbonyl (C=O) groups excluding carboxylic acids is 2. The molecule has 3 N–H and O–H groups in total. The standard InChI is InChI=1S/C15H20N4O3/c1-15(2,3)22-14(21)16-9-8-12(20)19-13-17-10-6-4-5-7-11(10)18-13/h4-7H,8-9H2,1-3H3,(H,16,21)(H2,17,18,19,20). The summed E-state index contributed by atoms with van der Waals surface area (Å²) in [4.78, 5) is 30.5. The van der Waals surface area contributed by atoms with Crippen molar-refractivity contribution in [3.63, 3.8) is 0 Å². The number of alkyl carbamates (subject to hydrolysis) is 1. The molecule has 0 aliphatic rings. The molecule has 7 heteroatoms. The van der Waals surface area contributed by atoms with Crippen LogP contribution in [-0.2, 0) is 9.53 Å². The van der Waals surface area contributed by atoms with E-state index in [4.69, 9.17) is 4.74 Å². The van der Waals surface area contributed by atoms with Crippen LogP contribution in [0.5, 0.6) is 0 Å². The van der Waals surface area contributed by atoms with Gasteiger partial charge in [0.05, 0.1) is 11.0 Å². The normalized spacial score (nSPS) is 11.2. The van der Waals surface area contributed by atoms with Crippen LogP contribution in [0.3, 0.4) is 0 Å². The number of amides is 2. The molecule has 1 heterocycles. The molecule has 0 aliphatic heterocycles. The first kappa shape index (κ1) is 15.8. The second-order valence-corrected chi connectivity index (χ2v) is 5.83. The molecule has 2 aromatic rings. The first-order valence-electron chi connectivity index (χ1n) is 7.05. The van der Waals surface area contributed by atoms with Crippen molar-refractivity contribution in [3.05, 3.63) is 24.3 Å². The third kappa shape index (κ3) is 4.76. The van der Waals surface area contributed by atoms with Crippen LogP contribution in [0.15, 0.2) is 24.3 Å². The molecule has 0 bridgehead atoms. The number of ether oxygens (including phenoxy) is 1. The number of benzene rings is 1. The van der Waals surface area contributed by atoms with Crippen molar-refractivity contribution in [1.29, 1.82) is 0 Å². The van der Waals surface area contributed by atoms with E-state index in [1.165, 1.54) is 0 Å². The predicted molar refractivity (Wildman–Crippen MR) is 83.6 cm³/mol. The number of rotatable bonds is 4. The van der Waals surface area contributed by atoms with Gasteiger partial charge in [0.2, 0.25) is 11.9 Å².